The van der Waals surface area contributed by atoms with Gasteiger partial charge in [-0.2, -0.15) is 0 Å². The van der Waals surface area contributed by atoms with E-state index in [9.17, 15) is 14.4 Å². The van der Waals surface area contributed by atoms with E-state index in [1.165, 1.54) is 218 Å². The van der Waals surface area contributed by atoms with Crippen LogP contribution in [0.5, 0.6) is 0 Å². The van der Waals surface area contributed by atoms with E-state index in [0.29, 0.717) is 19.3 Å². The van der Waals surface area contributed by atoms with Crippen LogP contribution in [0.15, 0.2) is 60.8 Å². The van der Waals surface area contributed by atoms with Crippen LogP contribution in [0.1, 0.15) is 348 Å². The first kappa shape index (κ1) is 73.1. The fourth-order valence-electron chi connectivity index (χ4n) is 9.79. The third kappa shape index (κ3) is 62.0. The molecule has 0 radical (unpaired) electrons. The van der Waals surface area contributed by atoms with Gasteiger partial charge in [0.2, 0.25) is 0 Å². The zero-order chi connectivity index (χ0) is 55.0. The monoisotopic (exact) mass is 1060 g/mol. The quantitative estimate of drug-likeness (QED) is 0.0261. The molecule has 0 aromatic carbocycles. The molecule has 0 fully saturated rings. The Morgan fingerprint density at radius 1 is 0.276 bits per heavy atom. The second-order valence-electron chi connectivity index (χ2n) is 22.4. The van der Waals surface area contributed by atoms with Crippen molar-refractivity contribution in [2.75, 3.05) is 13.2 Å². The number of esters is 3. The molecule has 0 aliphatic heterocycles. The van der Waals surface area contributed by atoms with Gasteiger partial charge in [0.05, 0.1) is 0 Å². The molecule has 0 aromatic rings. The van der Waals surface area contributed by atoms with E-state index in [2.05, 4.69) is 81.5 Å². The highest BCUT2D eigenvalue weighted by Gasteiger charge is 2.19. The summed E-state index contributed by atoms with van der Waals surface area (Å²) in [5.41, 5.74) is 0. The Morgan fingerprint density at radius 3 is 0.816 bits per heavy atom. The molecule has 1 unspecified atom stereocenters. The van der Waals surface area contributed by atoms with Gasteiger partial charge >= 0.3 is 17.9 Å². The minimum Gasteiger partial charge on any atom is -0.462 e. The number of hydrogen-bond donors (Lipinski definition) is 0. The zero-order valence-electron chi connectivity index (χ0n) is 50.8. The molecule has 442 valence electrons. The molecule has 0 amide bonds. The maximum atomic E-state index is 12.9. The molecule has 0 aromatic heterocycles. The Bertz CT molecular complexity index is 1360. The van der Waals surface area contributed by atoms with Crippen LogP contribution in [-0.4, -0.2) is 37.2 Å². The normalized spacial score (nSPS) is 12.4. The third-order valence-corrected chi connectivity index (χ3v) is 14.8. The highest BCUT2D eigenvalue weighted by atomic mass is 16.6. The molecule has 6 nitrogen and oxygen atoms in total. The first-order valence-electron chi connectivity index (χ1n) is 33.3. The summed E-state index contributed by atoms with van der Waals surface area (Å²) >= 11 is 0. The van der Waals surface area contributed by atoms with E-state index in [-0.39, 0.29) is 31.1 Å². The molecule has 0 saturated carbocycles. The summed E-state index contributed by atoms with van der Waals surface area (Å²) in [5, 5.41) is 0. The molecule has 0 bridgehead atoms. The van der Waals surface area contributed by atoms with Crippen molar-refractivity contribution in [2.24, 2.45) is 0 Å². The average molecular weight is 1060 g/mol. The van der Waals surface area contributed by atoms with Crippen LogP contribution in [0, 0.1) is 0 Å². The number of allylic oxidation sites excluding steroid dienone is 10. The topological polar surface area (TPSA) is 78.9 Å². The molecule has 0 aliphatic rings. The zero-order valence-corrected chi connectivity index (χ0v) is 50.8. The fourth-order valence-corrected chi connectivity index (χ4v) is 9.79. The van der Waals surface area contributed by atoms with Crippen LogP contribution in [0.25, 0.3) is 0 Å². The van der Waals surface area contributed by atoms with Gasteiger partial charge in [-0.25, -0.2) is 0 Å². The summed E-state index contributed by atoms with van der Waals surface area (Å²) in [6.07, 6.45) is 82.4. The Morgan fingerprint density at radius 2 is 0.513 bits per heavy atom. The standard InChI is InChI=1S/C70H126O6/c1-4-7-10-13-16-19-22-25-27-29-31-33-34-35-37-38-40-42-45-48-51-54-57-60-63-69(72)75-66-67(65-74-68(71)62-59-56-53-50-47-44-24-21-18-15-12-9-6-3)76-70(73)64-61-58-55-52-49-46-43-41-39-36-32-30-28-26-23-20-17-14-11-8-5-2/h9,12,18,21,23,26,30,32,44,47,67H,4-8,10-11,13-17,19-20,22,24-25,27-29,31,33-43,45-46,48-66H2,1-3H3/b12-9-,21-18-,26-23-,32-30-,47-44-. The van der Waals surface area contributed by atoms with E-state index in [1.54, 1.807) is 0 Å². The number of rotatable bonds is 61. The molecule has 0 spiro atoms. The van der Waals surface area contributed by atoms with E-state index in [0.717, 1.165) is 89.9 Å². The van der Waals surface area contributed by atoms with Crippen LogP contribution in [0.2, 0.25) is 0 Å². The molecule has 0 aliphatic carbocycles. The highest BCUT2D eigenvalue weighted by molar-refractivity contribution is 5.71. The molecular weight excluding hydrogens is 937 g/mol. The summed E-state index contributed by atoms with van der Waals surface area (Å²) in [6.45, 7) is 6.54. The van der Waals surface area contributed by atoms with Crippen LogP contribution in [0.4, 0.5) is 0 Å². The number of carbonyl (C=O) groups excluding carboxylic acids is 3. The van der Waals surface area contributed by atoms with Gasteiger partial charge < -0.3 is 14.2 Å². The minimum atomic E-state index is -0.788. The molecule has 1 atom stereocenters. The second-order valence-corrected chi connectivity index (χ2v) is 22.4. The van der Waals surface area contributed by atoms with E-state index >= 15 is 0 Å². The van der Waals surface area contributed by atoms with E-state index in [1.807, 2.05) is 0 Å². The van der Waals surface area contributed by atoms with Crippen molar-refractivity contribution in [1.29, 1.82) is 0 Å². The summed E-state index contributed by atoms with van der Waals surface area (Å²) in [5.74, 6) is -0.898. The lowest BCUT2D eigenvalue weighted by atomic mass is 10.0. The predicted molar refractivity (Wildman–Crippen MR) is 330 cm³/mol. The summed E-state index contributed by atoms with van der Waals surface area (Å²) in [4.78, 5) is 38.3. The number of hydrogen-bond acceptors (Lipinski definition) is 6. The van der Waals surface area contributed by atoms with Gasteiger partial charge in [0.1, 0.15) is 13.2 Å². The molecule has 0 heterocycles. The van der Waals surface area contributed by atoms with Gasteiger partial charge in [0, 0.05) is 19.3 Å². The molecular formula is C70H126O6. The van der Waals surface area contributed by atoms with Crippen molar-refractivity contribution in [3.8, 4) is 0 Å². The lowest BCUT2D eigenvalue weighted by molar-refractivity contribution is -0.167. The Hall–Kier alpha value is -2.89. The summed E-state index contributed by atoms with van der Waals surface area (Å²) in [7, 11) is 0. The van der Waals surface area contributed by atoms with Crippen LogP contribution >= 0.6 is 0 Å². The average Bonchev–Trinajstić information content (AvgIpc) is 3.42. The minimum absolute atomic E-state index is 0.0822. The van der Waals surface area contributed by atoms with Gasteiger partial charge in [-0.05, 0) is 83.5 Å². The van der Waals surface area contributed by atoms with Crippen LogP contribution < -0.4 is 0 Å². The predicted octanol–water partition coefficient (Wildman–Crippen LogP) is 22.7. The van der Waals surface area contributed by atoms with Gasteiger partial charge in [-0.15, -0.1) is 0 Å². The smallest absolute Gasteiger partial charge is 0.306 e. The Kier molecular flexibility index (Phi) is 62.2. The molecule has 6 heteroatoms. The lowest BCUT2D eigenvalue weighted by Crippen LogP contribution is -2.30. The van der Waals surface area contributed by atoms with Crippen molar-refractivity contribution >= 4 is 17.9 Å². The first-order valence-corrected chi connectivity index (χ1v) is 33.3. The summed E-state index contributed by atoms with van der Waals surface area (Å²) < 4.78 is 16.9. The molecule has 0 N–H and O–H groups in total. The van der Waals surface area contributed by atoms with Crippen molar-refractivity contribution in [2.45, 2.75) is 354 Å². The summed E-state index contributed by atoms with van der Waals surface area (Å²) in [6, 6.07) is 0. The van der Waals surface area contributed by atoms with E-state index < -0.39 is 6.10 Å². The SMILES string of the molecule is CC/C=C\C/C=C\C/C=C\CCCCCC(=O)OCC(COC(=O)CCCCCCCCCCCCCCCCCCCCCCCCCC)OC(=O)CCCCCCCCCCC/C=C\C/C=C\CCCCCCC. The molecule has 0 rings (SSSR count). The van der Waals surface area contributed by atoms with E-state index in [4.69, 9.17) is 14.2 Å². The van der Waals surface area contributed by atoms with Crippen molar-refractivity contribution in [3.63, 3.8) is 0 Å². The van der Waals surface area contributed by atoms with Crippen molar-refractivity contribution in [1.82, 2.24) is 0 Å². The maximum absolute atomic E-state index is 12.9. The molecule has 0 saturated heterocycles. The van der Waals surface area contributed by atoms with Gasteiger partial charge in [-0.1, -0.05) is 306 Å². The van der Waals surface area contributed by atoms with Gasteiger partial charge in [0.25, 0.3) is 0 Å². The van der Waals surface area contributed by atoms with Crippen molar-refractivity contribution < 1.29 is 28.6 Å². The maximum Gasteiger partial charge on any atom is 0.306 e. The van der Waals surface area contributed by atoms with Gasteiger partial charge in [0.15, 0.2) is 6.10 Å². The van der Waals surface area contributed by atoms with Crippen molar-refractivity contribution in [3.05, 3.63) is 60.8 Å². The van der Waals surface area contributed by atoms with Crippen LogP contribution in [0.3, 0.4) is 0 Å². The Balaban J connectivity index is 4.28. The van der Waals surface area contributed by atoms with Gasteiger partial charge in [-0.3, -0.25) is 14.4 Å². The largest absolute Gasteiger partial charge is 0.462 e. The third-order valence-electron chi connectivity index (χ3n) is 14.8. The lowest BCUT2D eigenvalue weighted by Gasteiger charge is -2.18. The number of carbonyl (C=O) groups is 3. The van der Waals surface area contributed by atoms with Crippen LogP contribution in [-0.2, 0) is 28.6 Å². The second kappa shape index (κ2) is 64.6. The number of ether oxygens (including phenoxy) is 3. The first-order chi connectivity index (χ1) is 37.5. The fraction of sp³-hybridized carbons (Fsp3) is 0.814. The Labute approximate surface area is 472 Å². The highest BCUT2D eigenvalue weighted by Crippen LogP contribution is 2.18. The molecule has 76 heavy (non-hydrogen) atoms. The number of unbranched alkanes of at least 4 members (excludes halogenated alkanes) is 40.